The molecule has 0 saturated carbocycles. The van der Waals surface area contributed by atoms with Gasteiger partial charge in [-0.25, -0.2) is 9.78 Å². The summed E-state index contributed by atoms with van der Waals surface area (Å²) in [6.07, 6.45) is -1.03. The van der Waals surface area contributed by atoms with Crippen LogP contribution in [0.3, 0.4) is 0 Å². The van der Waals surface area contributed by atoms with E-state index in [1.165, 1.54) is 25.4 Å². The molecule has 0 saturated heterocycles. The maximum absolute atomic E-state index is 12.5. The van der Waals surface area contributed by atoms with E-state index in [0.717, 1.165) is 11.1 Å². The molecule has 7 nitrogen and oxygen atoms in total. The first-order valence-corrected chi connectivity index (χ1v) is 10.7. The van der Waals surface area contributed by atoms with Crippen molar-refractivity contribution in [3.8, 4) is 5.75 Å². The van der Waals surface area contributed by atoms with Crippen molar-refractivity contribution in [2.24, 2.45) is 0 Å². The number of rotatable bonds is 8. The summed E-state index contributed by atoms with van der Waals surface area (Å²) in [4.78, 5) is 29.1. The Labute approximate surface area is 189 Å². The van der Waals surface area contributed by atoms with Crippen LogP contribution in [0.25, 0.3) is 0 Å². The second kappa shape index (κ2) is 10.3. The van der Waals surface area contributed by atoms with Crippen molar-refractivity contribution in [1.29, 1.82) is 0 Å². The predicted octanol–water partition coefficient (Wildman–Crippen LogP) is 4.91. The molecule has 0 spiro atoms. The fraction of sp³-hybridized carbons (Fsp3) is 0.227. The van der Waals surface area contributed by atoms with Gasteiger partial charge in [-0.15, -0.1) is 11.3 Å². The monoisotopic (exact) mass is 459 g/mol. The van der Waals surface area contributed by atoms with E-state index in [9.17, 15) is 9.59 Å². The van der Waals surface area contributed by atoms with Gasteiger partial charge in [0.1, 0.15) is 5.75 Å². The van der Waals surface area contributed by atoms with E-state index in [1.54, 1.807) is 17.5 Å². The third kappa shape index (κ3) is 5.96. The van der Waals surface area contributed by atoms with Crippen molar-refractivity contribution in [1.82, 2.24) is 4.98 Å². The van der Waals surface area contributed by atoms with Crippen LogP contribution in [0.5, 0.6) is 5.75 Å². The quantitative estimate of drug-likeness (QED) is 0.465. The largest absolute Gasteiger partial charge is 0.495 e. The Morgan fingerprint density at radius 2 is 1.97 bits per heavy atom. The molecule has 0 aliphatic carbocycles. The number of nitrogens with one attached hydrogen (secondary N) is 2. The van der Waals surface area contributed by atoms with Crippen LogP contribution in [0.15, 0.2) is 47.8 Å². The number of amides is 1. The number of benzene rings is 2. The molecule has 1 amide bonds. The molecule has 3 aromatic rings. The summed E-state index contributed by atoms with van der Waals surface area (Å²) in [6.45, 7) is 3.89. The Bertz CT molecular complexity index is 1070. The minimum absolute atomic E-state index is 0.139. The van der Waals surface area contributed by atoms with Gasteiger partial charge in [0.05, 0.1) is 12.8 Å². The summed E-state index contributed by atoms with van der Waals surface area (Å²) >= 11 is 7.38. The fourth-order valence-electron chi connectivity index (χ4n) is 2.66. The van der Waals surface area contributed by atoms with Gasteiger partial charge in [0.25, 0.3) is 5.91 Å². The Hall–Kier alpha value is -3.10. The van der Waals surface area contributed by atoms with Crippen LogP contribution in [0.4, 0.5) is 10.8 Å². The summed E-state index contributed by atoms with van der Waals surface area (Å²) < 4.78 is 10.5. The molecule has 0 bridgehead atoms. The number of halogens is 1. The Kier molecular flexibility index (Phi) is 7.49. The van der Waals surface area contributed by atoms with Crippen LogP contribution in [-0.4, -0.2) is 30.1 Å². The molecule has 0 radical (unpaired) electrons. The first kappa shape index (κ1) is 22.6. The van der Waals surface area contributed by atoms with Gasteiger partial charge in [0.15, 0.2) is 16.9 Å². The molecule has 1 atom stereocenters. The normalized spacial score (nSPS) is 11.5. The number of ether oxygens (including phenoxy) is 2. The van der Waals surface area contributed by atoms with Gasteiger partial charge in [-0.3, -0.25) is 4.79 Å². The third-order valence-electron chi connectivity index (χ3n) is 4.39. The SMILES string of the molecule is COc1cc(Cl)c(C)cc1NC(=O)C(C)OC(=O)c1csc(NCc2ccccc2)n1. The number of hydrogen-bond donors (Lipinski definition) is 2. The number of esters is 1. The highest BCUT2D eigenvalue weighted by atomic mass is 35.5. The van der Waals surface area contributed by atoms with Crippen LogP contribution in [0.1, 0.15) is 28.5 Å². The Morgan fingerprint density at radius 3 is 2.68 bits per heavy atom. The lowest BCUT2D eigenvalue weighted by atomic mass is 10.2. The smallest absolute Gasteiger partial charge is 0.358 e. The topological polar surface area (TPSA) is 89.5 Å². The van der Waals surface area contributed by atoms with Crippen LogP contribution in [0, 0.1) is 6.92 Å². The van der Waals surface area contributed by atoms with Gasteiger partial charge in [0.2, 0.25) is 0 Å². The van der Waals surface area contributed by atoms with E-state index < -0.39 is 18.0 Å². The summed E-state index contributed by atoms with van der Waals surface area (Å²) in [7, 11) is 1.48. The lowest BCUT2D eigenvalue weighted by Gasteiger charge is -2.15. The number of carbonyl (C=O) groups excluding carboxylic acids is 2. The molecule has 2 N–H and O–H groups in total. The van der Waals surface area contributed by atoms with E-state index in [2.05, 4.69) is 15.6 Å². The minimum atomic E-state index is -1.03. The molecule has 0 aliphatic heterocycles. The van der Waals surface area contributed by atoms with Crippen LogP contribution >= 0.6 is 22.9 Å². The minimum Gasteiger partial charge on any atom is -0.495 e. The molecule has 0 aliphatic rings. The molecular formula is C22H22ClN3O4S. The molecule has 0 fully saturated rings. The number of hydrogen-bond acceptors (Lipinski definition) is 7. The number of anilines is 2. The summed E-state index contributed by atoms with van der Waals surface area (Å²) in [5.41, 5.74) is 2.46. The summed E-state index contributed by atoms with van der Waals surface area (Å²) in [6, 6.07) is 13.1. The van der Waals surface area contributed by atoms with Crippen LogP contribution in [-0.2, 0) is 16.1 Å². The zero-order valence-electron chi connectivity index (χ0n) is 17.3. The maximum Gasteiger partial charge on any atom is 0.358 e. The molecule has 162 valence electrons. The second-order valence-corrected chi connectivity index (χ2v) is 7.98. The number of thiazole rings is 1. The zero-order chi connectivity index (χ0) is 22.4. The van der Waals surface area contributed by atoms with Crippen molar-refractivity contribution in [3.63, 3.8) is 0 Å². The molecule has 1 heterocycles. The zero-order valence-corrected chi connectivity index (χ0v) is 18.8. The fourth-order valence-corrected chi connectivity index (χ4v) is 3.49. The predicted molar refractivity (Wildman–Crippen MR) is 122 cm³/mol. The molecular weight excluding hydrogens is 438 g/mol. The highest BCUT2D eigenvalue weighted by Gasteiger charge is 2.22. The first-order chi connectivity index (χ1) is 14.9. The lowest BCUT2D eigenvalue weighted by Crippen LogP contribution is -2.30. The second-order valence-electron chi connectivity index (χ2n) is 6.72. The first-order valence-electron chi connectivity index (χ1n) is 9.46. The van der Waals surface area contributed by atoms with Gasteiger partial charge in [-0.05, 0) is 31.0 Å². The average Bonchev–Trinajstić information content (AvgIpc) is 3.24. The van der Waals surface area contributed by atoms with E-state index >= 15 is 0 Å². The van der Waals surface area contributed by atoms with Crippen molar-refractivity contribution in [2.45, 2.75) is 26.5 Å². The third-order valence-corrected chi connectivity index (χ3v) is 5.60. The van der Waals surface area contributed by atoms with E-state index in [-0.39, 0.29) is 5.69 Å². The van der Waals surface area contributed by atoms with Gasteiger partial charge < -0.3 is 20.1 Å². The Balaban J connectivity index is 1.57. The maximum atomic E-state index is 12.5. The van der Waals surface area contributed by atoms with E-state index in [1.807, 2.05) is 37.3 Å². The molecule has 2 aromatic carbocycles. The van der Waals surface area contributed by atoms with Crippen molar-refractivity contribution in [2.75, 3.05) is 17.7 Å². The molecule has 31 heavy (non-hydrogen) atoms. The van der Waals surface area contributed by atoms with Gasteiger partial charge in [-0.2, -0.15) is 0 Å². The number of aromatic nitrogens is 1. The van der Waals surface area contributed by atoms with E-state index in [4.69, 9.17) is 21.1 Å². The highest BCUT2D eigenvalue weighted by molar-refractivity contribution is 7.13. The molecule has 3 rings (SSSR count). The van der Waals surface area contributed by atoms with Crippen molar-refractivity contribution in [3.05, 3.63) is 69.7 Å². The number of methoxy groups -OCH3 is 1. The summed E-state index contributed by atoms with van der Waals surface area (Å²) in [5, 5.41) is 8.57. The molecule has 1 aromatic heterocycles. The van der Waals surface area contributed by atoms with E-state index in [0.29, 0.717) is 28.1 Å². The molecule has 1 unspecified atom stereocenters. The molecule has 9 heteroatoms. The van der Waals surface area contributed by atoms with Gasteiger partial charge >= 0.3 is 5.97 Å². The Morgan fingerprint density at radius 1 is 1.23 bits per heavy atom. The van der Waals surface area contributed by atoms with Gasteiger partial charge in [0, 0.05) is 23.0 Å². The van der Waals surface area contributed by atoms with Crippen molar-refractivity contribution >= 4 is 45.6 Å². The average molecular weight is 460 g/mol. The highest BCUT2D eigenvalue weighted by Crippen LogP contribution is 2.31. The standard InChI is InChI=1S/C22H22ClN3O4S/c1-13-9-17(19(29-3)10-16(13)23)25-20(27)14(2)30-21(28)18-12-31-22(26-18)24-11-15-7-5-4-6-8-15/h4-10,12,14H,11H2,1-3H3,(H,24,26)(H,25,27). The number of nitrogens with zero attached hydrogens (tertiary/aromatic N) is 1. The summed E-state index contributed by atoms with van der Waals surface area (Å²) in [5.74, 6) is -0.756. The van der Waals surface area contributed by atoms with Gasteiger partial charge in [-0.1, -0.05) is 41.9 Å². The van der Waals surface area contributed by atoms with Crippen LogP contribution in [0.2, 0.25) is 5.02 Å². The van der Waals surface area contributed by atoms with Crippen LogP contribution < -0.4 is 15.4 Å². The lowest BCUT2D eigenvalue weighted by molar-refractivity contribution is -0.123. The number of aryl methyl sites for hydroxylation is 1. The van der Waals surface area contributed by atoms with Crippen molar-refractivity contribution < 1.29 is 19.1 Å². The number of carbonyl (C=O) groups is 2.